The number of carbonyl (C=O) groups excluding carboxylic acids is 3. The van der Waals surface area contributed by atoms with E-state index in [-0.39, 0.29) is 28.8 Å². The van der Waals surface area contributed by atoms with Gasteiger partial charge in [0, 0.05) is 18.3 Å². The van der Waals surface area contributed by atoms with Crippen LogP contribution in [0.15, 0.2) is 11.6 Å². The standard InChI is InChI=1S/C22H30O4/c1-12-5-7-21(3)14(9-12)10-17(24)19-15(21)6-8-22(4)16(19)11-18(20(22)25)26-13(2)23/h10,12,15-16,18-19H,5-9,11H2,1-4H3/t12-,15-,16-,18?,19+,21-,22-/m0/s1. The van der Waals surface area contributed by atoms with Gasteiger partial charge < -0.3 is 4.74 Å². The first kappa shape index (κ1) is 17.9. The van der Waals surface area contributed by atoms with Gasteiger partial charge >= 0.3 is 5.97 Å². The Kier molecular flexibility index (Phi) is 3.98. The van der Waals surface area contributed by atoms with Crippen molar-refractivity contribution < 1.29 is 19.1 Å². The highest BCUT2D eigenvalue weighted by Gasteiger charge is 2.63. The Morgan fingerprint density at radius 1 is 1.12 bits per heavy atom. The van der Waals surface area contributed by atoms with Gasteiger partial charge in [0.1, 0.15) is 0 Å². The summed E-state index contributed by atoms with van der Waals surface area (Å²) in [6, 6.07) is 0. The van der Waals surface area contributed by atoms with E-state index in [0.717, 1.165) is 25.7 Å². The summed E-state index contributed by atoms with van der Waals surface area (Å²) in [7, 11) is 0. The van der Waals surface area contributed by atoms with Crippen molar-refractivity contribution in [3.8, 4) is 0 Å². The third kappa shape index (κ3) is 2.36. The molecule has 4 heteroatoms. The van der Waals surface area contributed by atoms with Crippen molar-refractivity contribution in [2.45, 2.75) is 72.3 Å². The first-order valence-electron chi connectivity index (χ1n) is 10.1. The smallest absolute Gasteiger partial charge is 0.303 e. The number of fused-ring (bicyclic) bond motifs is 5. The van der Waals surface area contributed by atoms with Gasteiger partial charge in [0.05, 0.1) is 0 Å². The van der Waals surface area contributed by atoms with Crippen molar-refractivity contribution in [3.05, 3.63) is 11.6 Å². The Labute approximate surface area is 155 Å². The number of ketones is 2. The van der Waals surface area contributed by atoms with Crippen LogP contribution in [0.3, 0.4) is 0 Å². The van der Waals surface area contributed by atoms with Crippen LogP contribution in [0.2, 0.25) is 0 Å². The minimum absolute atomic E-state index is 0.000394. The Bertz CT molecular complexity index is 707. The maximum Gasteiger partial charge on any atom is 0.303 e. The number of carbonyl (C=O) groups is 3. The normalized spacial score (nSPS) is 47.5. The molecule has 0 radical (unpaired) electrons. The van der Waals surface area contributed by atoms with Crippen molar-refractivity contribution in [2.75, 3.05) is 0 Å². The molecule has 4 nitrogen and oxygen atoms in total. The lowest BCUT2D eigenvalue weighted by Crippen LogP contribution is -2.53. The molecule has 7 atom stereocenters. The third-order valence-corrected chi connectivity index (χ3v) is 8.21. The average Bonchev–Trinajstić information content (AvgIpc) is 2.80. The van der Waals surface area contributed by atoms with Crippen LogP contribution in [-0.4, -0.2) is 23.6 Å². The van der Waals surface area contributed by atoms with Gasteiger partial charge in [-0.2, -0.15) is 0 Å². The molecule has 3 saturated carbocycles. The number of rotatable bonds is 1. The molecule has 0 aromatic carbocycles. The lowest BCUT2D eigenvalue weighted by atomic mass is 9.47. The maximum absolute atomic E-state index is 13.2. The first-order chi connectivity index (χ1) is 12.2. The summed E-state index contributed by atoms with van der Waals surface area (Å²) in [5, 5.41) is 0. The molecular formula is C22H30O4. The monoisotopic (exact) mass is 358 g/mol. The molecule has 0 aliphatic heterocycles. The second-order valence-corrected chi connectivity index (χ2v) is 9.73. The first-order valence-corrected chi connectivity index (χ1v) is 10.1. The van der Waals surface area contributed by atoms with E-state index in [1.807, 2.05) is 13.0 Å². The molecule has 0 aromatic rings. The molecule has 0 heterocycles. The number of hydrogen-bond donors (Lipinski definition) is 0. The highest BCUT2D eigenvalue weighted by Crippen LogP contribution is 2.63. The number of Topliss-reactive ketones (excluding diaryl/α,β-unsaturated/α-hetero) is 1. The van der Waals surface area contributed by atoms with Crippen molar-refractivity contribution >= 4 is 17.5 Å². The molecule has 0 saturated heterocycles. The lowest BCUT2D eigenvalue weighted by Gasteiger charge is -2.55. The molecule has 0 aromatic heterocycles. The van der Waals surface area contributed by atoms with Crippen LogP contribution in [0.1, 0.15) is 66.2 Å². The van der Waals surface area contributed by atoms with Crippen LogP contribution >= 0.6 is 0 Å². The van der Waals surface area contributed by atoms with E-state index in [1.54, 1.807) is 0 Å². The summed E-state index contributed by atoms with van der Waals surface area (Å²) in [6.07, 6.45) is 6.87. The predicted octanol–water partition coefficient (Wildman–Crippen LogP) is 3.88. The quantitative estimate of drug-likeness (QED) is 0.668. The van der Waals surface area contributed by atoms with E-state index >= 15 is 0 Å². The van der Waals surface area contributed by atoms with E-state index in [4.69, 9.17) is 4.74 Å². The van der Waals surface area contributed by atoms with Gasteiger partial charge in [-0.15, -0.1) is 0 Å². The van der Waals surface area contributed by atoms with Crippen LogP contribution in [0, 0.1) is 34.5 Å². The summed E-state index contributed by atoms with van der Waals surface area (Å²) in [5.41, 5.74) is 0.905. The second-order valence-electron chi connectivity index (χ2n) is 9.73. The summed E-state index contributed by atoms with van der Waals surface area (Å²) < 4.78 is 5.33. The zero-order chi connectivity index (χ0) is 18.9. The highest BCUT2D eigenvalue weighted by molar-refractivity contribution is 5.98. The molecule has 3 fully saturated rings. The third-order valence-electron chi connectivity index (χ3n) is 8.21. The van der Waals surface area contributed by atoms with Crippen LogP contribution in [0.4, 0.5) is 0 Å². The number of ether oxygens (including phenoxy) is 1. The van der Waals surface area contributed by atoms with Crippen LogP contribution < -0.4 is 0 Å². The summed E-state index contributed by atoms with van der Waals surface area (Å²) in [4.78, 5) is 37.6. The Balaban J connectivity index is 1.71. The summed E-state index contributed by atoms with van der Waals surface area (Å²) in [5.74, 6) is 0.704. The Hall–Kier alpha value is -1.45. The van der Waals surface area contributed by atoms with Gasteiger partial charge in [-0.05, 0) is 67.8 Å². The van der Waals surface area contributed by atoms with Crippen molar-refractivity contribution in [1.29, 1.82) is 0 Å². The van der Waals surface area contributed by atoms with E-state index < -0.39 is 17.5 Å². The topological polar surface area (TPSA) is 60.4 Å². The van der Waals surface area contributed by atoms with E-state index in [9.17, 15) is 14.4 Å². The fraction of sp³-hybridized carbons (Fsp3) is 0.773. The zero-order valence-corrected chi connectivity index (χ0v) is 16.3. The fourth-order valence-corrected chi connectivity index (χ4v) is 6.66. The van der Waals surface area contributed by atoms with Gasteiger partial charge in [0.15, 0.2) is 17.7 Å². The molecule has 4 aliphatic rings. The molecule has 4 rings (SSSR count). The summed E-state index contributed by atoms with van der Waals surface area (Å²) in [6.45, 7) is 7.97. The fourth-order valence-electron chi connectivity index (χ4n) is 6.66. The van der Waals surface area contributed by atoms with Crippen molar-refractivity contribution in [2.24, 2.45) is 34.5 Å². The molecule has 1 unspecified atom stereocenters. The minimum Gasteiger partial charge on any atom is -0.455 e. The zero-order valence-electron chi connectivity index (χ0n) is 16.3. The maximum atomic E-state index is 13.2. The SMILES string of the molecule is CC(=O)OC1C[C@H]2[C@@H]3C(=O)C=C4C[C@@H](C)CC[C@]4(C)[C@H]3CC[C@]2(C)C1=O. The Morgan fingerprint density at radius 3 is 2.50 bits per heavy atom. The van der Waals surface area contributed by atoms with Gasteiger partial charge in [0.2, 0.25) is 0 Å². The van der Waals surface area contributed by atoms with Gasteiger partial charge in [-0.3, -0.25) is 14.4 Å². The molecule has 26 heavy (non-hydrogen) atoms. The van der Waals surface area contributed by atoms with Crippen LogP contribution in [0.25, 0.3) is 0 Å². The van der Waals surface area contributed by atoms with E-state index in [1.165, 1.54) is 18.9 Å². The van der Waals surface area contributed by atoms with E-state index in [0.29, 0.717) is 18.3 Å². The molecule has 0 N–H and O–H groups in total. The minimum atomic E-state index is -0.668. The molecule has 0 amide bonds. The van der Waals surface area contributed by atoms with E-state index in [2.05, 4.69) is 13.8 Å². The van der Waals surface area contributed by atoms with Gasteiger partial charge in [-0.1, -0.05) is 26.3 Å². The van der Waals surface area contributed by atoms with Crippen molar-refractivity contribution in [1.82, 2.24) is 0 Å². The highest BCUT2D eigenvalue weighted by atomic mass is 16.5. The van der Waals surface area contributed by atoms with Crippen LogP contribution in [0.5, 0.6) is 0 Å². The molecular weight excluding hydrogens is 328 g/mol. The molecule has 4 aliphatic carbocycles. The Morgan fingerprint density at radius 2 is 1.81 bits per heavy atom. The largest absolute Gasteiger partial charge is 0.455 e. The molecule has 142 valence electrons. The number of allylic oxidation sites excluding steroid dienone is 2. The number of hydrogen-bond acceptors (Lipinski definition) is 4. The van der Waals surface area contributed by atoms with Gasteiger partial charge in [0.25, 0.3) is 0 Å². The summed E-state index contributed by atoms with van der Waals surface area (Å²) >= 11 is 0. The molecule has 0 spiro atoms. The molecule has 0 bridgehead atoms. The second kappa shape index (κ2) is 5.77. The van der Waals surface area contributed by atoms with Crippen LogP contribution in [-0.2, 0) is 19.1 Å². The predicted molar refractivity (Wildman–Crippen MR) is 97.2 cm³/mol. The van der Waals surface area contributed by atoms with Gasteiger partial charge in [-0.25, -0.2) is 0 Å². The number of esters is 1. The average molecular weight is 358 g/mol. The lowest BCUT2D eigenvalue weighted by molar-refractivity contribution is -0.153. The van der Waals surface area contributed by atoms with Crippen molar-refractivity contribution in [3.63, 3.8) is 0 Å².